The summed E-state index contributed by atoms with van der Waals surface area (Å²) in [6.07, 6.45) is 4.52. The minimum absolute atomic E-state index is 0.387. The van der Waals surface area contributed by atoms with E-state index in [4.69, 9.17) is 5.11 Å². The van der Waals surface area contributed by atoms with E-state index in [0.717, 1.165) is 19.3 Å². The third-order valence-corrected chi connectivity index (χ3v) is 2.12. The van der Waals surface area contributed by atoms with Gasteiger partial charge in [0.15, 0.2) is 6.29 Å². The lowest BCUT2D eigenvalue weighted by Gasteiger charge is -2.12. The smallest absolute Gasteiger partial charge is 0.169 e. The fraction of sp³-hybridized carbons (Fsp3) is 1.00. The van der Waals surface area contributed by atoms with Crippen molar-refractivity contribution < 1.29 is 18.1 Å². The summed E-state index contributed by atoms with van der Waals surface area (Å²) >= 11 is -2.60. The van der Waals surface area contributed by atoms with Gasteiger partial charge in [-0.15, -0.1) is 0 Å². The SMILES string of the molecule is CCCCCCCC(O)OS(=O)[O-]. The molecule has 0 saturated carbocycles. The second-order valence-corrected chi connectivity index (χ2v) is 3.56. The molecule has 0 radical (unpaired) electrons. The molecule has 0 saturated heterocycles. The van der Waals surface area contributed by atoms with Crippen molar-refractivity contribution in [3.63, 3.8) is 0 Å². The first-order chi connectivity index (χ1) is 6.16. The van der Waals surface area contributed by atoms with E-state index < -0.39 is 17.7 Å². The highest BCUT2D eigenvalue weighted by Gasteiger charge is 2.03. The van der Waals surface area contributed by atoms with Crippen LogP contribution < -0.4 is 0 Å². The van der Waals surface area contributed by atoms with Gasteiger partial charge in [-0.05, 0) is 12.8 Å². The van der Waals surface area contributed by atoms with E-state index in [-0.39, 0.29) is 0 Å². The van der Waals surface area contributed by atoms with Crippen LogP contribution in [0.4, 0.5) is 0 Å². The van der Waals surface area contributed by atoms with Gasteiger partial charge in [-0.1, -0.05) is 32.6 Å². The third kappa shape index (κ3) is 9.95. The lowest BCUT2D eigenvalue weighted by Crippen LogP contribution is -2.13. The Morgan fingerprint density at radius 2 is 2.00 bits per heavy atom. The zero-order valence-electron chi connectivity index (χ0n) is 7.90. The van der Waals surface area contributed by atoms with E-state index >= 15 is 0 Å². The molecule has 0 amide bonds. The van der Waals surface area contributed by atoms with Crippen LogP contribution >= 0.6 is 0 Å². The van der Waals surface area contributed by atoms with E-state index in [0.29, 0.717) is 6.42 Å². The van der Waals surface area contributed by atoms with E-state index in [1.54, 1.807) is 0 Å². The normalized spacial score (nSPS) is 15.6. The second-order valence-electron chi connectivity index (χ2n) is 2.96. The Morgan fingerprint density at radius 3 is 2.54 bits per heavy atom. The molecule has 0 spiro atoms. The van der Waals surface area contributed by atoms with Crippen molar-refractivity contribution in [1.29, 1.82) is 0 Å². The van der Waals surface area contributed by atoms with Gasteiger partial charge in [0, 0.05) is 0 Å². The number of unbranched alkanes of at least 4 members (excludes halogenated alkanes) is 4. The van der Waals surface area contributed by atoms with Crippen LogP contribution in [-0.4, -0.2) is 20.2 Å². The van der Waals surface area contributed by atoms with Crippen LogP contribution in [0.2, 0.25) is 0 Å². The standard InChI is InChI=1S/C8H18O4S/c1-2-3-4-5-6-7-8(9)12-13(10)11/h8-9H,2-7H2,1H3,(H,10,11)/p-1. The minimum atomic E-state index is -2.60. The monoisotopic (exact) mass is 209 g/mol. The van der Waals surface area contributed by atoms with Crippen LogP contribution in [0.25, 0.3) is 0 Å². The first-order valence-electron chi connectivity index (χ1n) is 4.61. The fourth-order valence-corrected chi connectivity index (χ4v) is 1.34. The Labute approximate surface area is 81.8 Å². The lowest BCUT2D eigenvalue weighted by atomic mass is 10.1. The van der Waals surface area contributed by atoms with Crippen molar-refractivity contribution in [2.75, 3.05) is 0 Å². The Hall–Kier alpha value is 0.0300. The average Bonchev–Trinajstić information content (AvgIpc) is 2.02. The molecular formula is C8H17O4S-. The van der Waals surface area contributed by atoms with Crippen LogP contribution in [0.3, 0.4) is 0 Å². The molecule has 0 aliphatic carbocycles. The van der Waals surface area contributed by atoms with E-state index in [1.807, 2.05) is 0 Å². The first-order valence-corrected chi connectivity index (χ1v) is 5.61. The van der Waals surface area contributed by atoms with Gasteiger partial charge in [-0.3, -0.25) is 4.18 Å². The van der Waals surface area contributed by atoms with Crippen LogP contribution in [0.1, 0.15) is 45.4 Å². The van der Waals surface area contributed by atoms with Gasteiger partial charge in [-0.2, -0.15) is 0 Å². The largest absolute Gasteiger partial charge is 0.750 e. The first kappa shape index (κ1) is 13.0. The molecular weight excluding hydrogens is 192 g/mol. The molecule has 0 aliphatic rings. The maximum absolute atomic E-state index is 9.96. The van der Waals surface area contributed by atoms with Crippen molar-refractivity contribution >= 4 is 11.4 Å². The summed E-state index contributed by atoms with van der Waals surface area (Å²) in [5, 5.41) is 8.96. The predicted molar refractivity (Wildman–Crippen MR) is 49.4 cm³/mol. The van der Waals surface area contributed by atoms with Gasteiger partial charge >= 0.3 is 0 Å². The van der Waals surface area contributed by atoms with Gasteiger partial charge < -0.3 is 9.66 Å². The molecule has 0 aromatic carbocycles. The predicted octanol–water partition coefficient (Wildman–Crippen LogP) is 1.48. The van der Waals surface area contributed by atoms with Crippen molar-refractivity contribution in [3.05, 3.63) is 0 Å². The molecule has 0 aromatic heterocycles. The quantitative estimate of drug-likeness (QED) is 0.373. The van der Waals surface area contributed by atoms with E-state index in [1.165, 1.54) is 12.8 Å². The van der Waals surface area contributed by atoms with Gasteiger partial charge in [0.2, 0.25) is 0 Å². The molecule has 0 aliphatic heterocycles. The van der Waals surface area contributed by atoms with Crippen molar-refractivity contribution in [2.45, 2.75) is 51.7 Å². The fourth-order valence-electron chi connectivity index (χ4n) is 1.06. The molecule has 4 nitrogen and oxygen atoms in total. The van der Waals surface area contributed by atoms with Gasteiger partial charge in [0.1, 0.15) is 0 Å². The third-order valence-electron chi connectivity index (χ3n) is 1.74. The summed E-state index contributed by atoms with van der Waals surface area (Å²) in [7, 11) is 0. The van der Waals surface area contributed by atoms with E-state index in [9.17, 15) is 8.76 Å². The number of hydrogen-bond acceptors (Lipinski definition) is 4. The molecule has 5 heteroatoms. The molecule has 2 atom stereocenters. The molecule has 13 heavy (non-hydrogen) atoms. The molecule has 0 bridgehead atoms. The average molecular weight is 209 g/mol. The van der Waals surface area contributed by atoms with Gasteiger partial charge in [0.25, 0.3) is 0 Å². The maximum Gasteiger partial charge on any atom is 0.169 e. The van der Waals surface area contributed by atoms with Gasteiger partial charge in [0.05, 0.1) is 11.4 Å². The van der Waals surface area contributed by atoms with Crippen LogP contribution in [0, 0.1) is 0 Å². The maximum atomic E-state index is 9.96. The molecule has 0 aromatic rings. The Kier molecular flexibility index (Phi) is 8.64. The molecule has 0 fully saturated rings. The highest BCUT2D eigenvalue weighted by atomic mass is 32.2. The number of aliphatic hydroxyl groups is 1. The van der Waals surface area contributed by atoms with Crippen LogP contribution in [0.15, 0.2) is 0 Å². The van der Waals surface area contributed by atoms with Crippen LogP contribution in [0.5, 0.6) is 0 Å². The second kappa shape index (κ2) is 8.62. The Morgan fingerprint density at radius 1 is 1.38 bits per heavy atom. The van der Waals surface area contributed by atoms with Crippen molar-refractivity contribution in [2.24, 2.45) is 0 Å². The zero-order valence-corrected chi connectivity index (χ0v) is 8.72. The lowest BCUT2D eigenvalue weighted by molar-refractivity contribution is -0.0210. The van der Waals surface area contributed by atoms with E-state index in [2.05, 4.69) is 11.1 Å². The summed E-state index contributed by atoms with van der Waals surface area (Å²) in [5.74, 6) is 0. The summed E-state index contributed by atoms with van der Waals surface area (Å²) in [4.78, 5) is 0. The summed E-state index contributed by atoms with van der Waals surface area (Å²) < 4.78 is 24.1. The molecule has 1 N–H and O–H groups in total. The van der Waals surface area contributed by atoms with Crippen LogP contribution in [-0.2, 0) is 15.5 Å². The zero-order chi connectivity index (χ0) is 10.1. The molecule has 2 unspecified atom stereocenters. The minimum Gasteiger partial charge on any atom is -0.750 e. The highest BCUT2D eigenvalue weighted by Crippen LogP contribution is 2.08. The topological polar surface area (TPSA) is 69.6 Å². The molecule has 0 rings (SSSR count). The van der Waals surface area contributed by atoms with Crippen molar-refractivity contribution in [1.82, 2.24) is 0 Å². The summed E-state index contributed by atoms with van der Waals surface area (Å²) in [6, 6.07) is 0. The van der Waals surface area contributed by atoms with Gasteiger partial charge in [-0.25, -0.2) is 4.21 Å². The number of hydrogen-bond donors (Lipinski definition) is 1. The number of aliphatic hydroxyl groups excluding tert-OH is 1. The number of rotatable bonds is 8. The Balaban J connectivity index is 3.17. The summed E-state index contributed by atoms with van der Waals surface area (Å²) in [6.45, 7) is 2.12. The summed E-state index contributed by atoms with van der Waals surface area (Å²) in [5.41, 5.74) is 0. The molecule has 0 heterocycles. The highest BCUT2D eigenvalue weighted by molar-refractivity contribution is 7.74. The Bertz CT molecular complexity index is 140. The molecule has 80 valence electrons. The van der Waals surface area contributed by atoms with Crippen molar-refractivity contribution in [3.8, 4) is 0 Å².